The van der Waals surface area contributed by atoms with Crippen LogP contribution in [0.3, 0.4) is 0 Å². The lowest BCUT2D eigenvalue weighted by molar-refractivity contribution is 0.632. The van der Waals surface area contributed by atoms with E-state index in [1.165, 1.54) is 0 Å². The minimum Gasteiger partial charge on any atom is -0.376 e. The highest BCUT2D eigenvalue weighted by molar-refractivity contribution is 6.31. The van der Waals surface area contributed by atoms with Crippen molar-refractivity contribution in [2.24, 2.45) is 0 Å². The average Bonchev–Trinajstić information content (AvgIpc) is 2.40. The summed E-state index contributed by atoms with van der Waals surface area (Å²) in [6.07, 6.45) is 0. The molecule has 4 nitrogen and oxygen atoms in total. The number of anilines is 2. The number of hydrogen-bond donors (Lipinski definition) is 2. The first kappa shape index (κ1) is 15.6. The molecule has 5 heteroatoms. The molecule has 0 bridgehead atoms. The fraction of sp³-hybridized carbons (Fsp3) is 0.375. The number of rotatable bonds is 4. The fourth-order valence-electron chi connectivity index (χ4n) is 1.99. The van der Waals surface area contributed by atoms with E-state index in [0.717, 1.165) is 11.1 Å². The van der Waals surface area contributed by atoms with Gasteiger partial charge in [0.05, 0.1) is 0 Å². The van der Waals surface area contributed by atoms with Gasteiger partial charge in [0.25, 0.3) is 10.9 Å². The van der Waals surface area contributed by atoms with Gasteiger partial charge >= 0.3 is 0 Å². The van der Waals surface area contributed by atoms with Gasteiger partial charge in [-0.25, -0.2) is 0 Å². The van der Waals surface area contributed by atoms with Crippen molar-refractivity contribution in [1.29, 1.82) is 0 Å². The molecule has 0 spiro atoms. The molecule has 0 aliphatic heterocycles. The Hall–Kier alpha value is -1.81. The van der Waals surface area contributed by atoms with Crippen molar-refractivity contribution in [2.75, 3.05) is 10.6 Å². The van der Waals surface area contributed by atoms with E-state index in [-0.39, 0.29) is 5.54 Å². The van der Waals surface area contributed by atoms with Gasteiger partial charge in [-0.15, -0.1) is 0 Å². The van der Waals surface area contributed by atoms with Crippen LogP contribution >= 0.6 is 11.6 Å². The standard InChI is InChI=1S/C16H19ClN2O2/c1-9-5-6-10(7-11(9)17)8-18-12-13(15(21)14(12)20)19-16(2,3)4/h5-7,18-19H,8H2,1-4H3. The van der Waals surface area contributed by atoms with Gasteiger partial charge in [0.2, 0.25) is 0 Å². The summed E-state index contributed by atoms with van der Waals surface area (Å²) in [6.45, 7) is 8.19. The molecule has 0 aliphatic carbocycles. The van der Waals surface area contributed by atoms with Crippen LogP contribution in [0.25, 0.3) is 0 Å². The molecule has 0 unspecified atom stereocenters. The Kier molecular flexibility index (Phi) is 4.10. The molecule has 112 valence electrons. The maximum atomic E-state index is 11.7. The predicted molar refractivity (Wildman–Crippen MR) is 88.2 cm³/mol. The molecule has 0 heterocycles. The second kappa shape index (κ2) is 5.53. The van der Waals surface area contributed by atoms with Crippen LogP contribution in [0, 0.1) is 6.92 Å². The van der Waals surface area contributed by atoms with E-state index in [4.69, 9.17) is 11.6 Å². The lowest BCUT2D eigenvalue weighted by atomic mass is 10.1. The minimum absolute atomic E-state index is 0.272. The topological polar surface area (TPSA) is 58.2 Å². The van der Waals surface area contributed by atoms with E-state index < -0.39 is 10.9 Å². The molecular weight excluding hydrogens is 288 g/mol. The molecule has 0 radical (unpaired) electrons. The summed E-state index contributed by atoms with van der Waals surface area (Å²) in [5, 5.41) is 6.77. The van der Waals surface area contributed by atoms with Crippen LogP contribution < -0.4 is 21.5 Å². The van der Waals surface area contributed by atoms with Crippen LogP contribution in [-0.4, -0.2) is 5.54 Å². The normalized spacial score (nSPS) is 11.7. The number of nitrogens with one attached hydrogen (secondary N) is 2. The van der Waals surface area contributed by atoms with Crippen molar-refractivity contribution in [3.8, 4) is 0 Å². The minimum atomic E-state index is -0.472. The molecule has 2 aromatic rings. The van der Waals surface area contributed by atoms with Crippen LogP contribution in [0.2, 0.25) is 5.02 Å². The van der Waals surface area contributed by atoms with Gasteiger partial charge in [-0.1, -0.05) is 23.7 Å². The van der Waals surface area contributed by atoms with Crippen LogP contribution in [0.4, 0.5) is 11.4 Å². The predicted octanol–water partition coefficient (Wildman–Crippen LogP) is 3.07. The summed E-state index contributed by atoms with van der Waals surface area (Å²) in [6, 6.07) is 5.72. The number of aryl methyl sites for hydroxylation is 1. The molecule has 0 aromatic heterocycles. The Morgan fingerprint density at radius 3 is 2.29 bits per heavy atom. The second-order valence-electron chi connectivity index (χ2n) is 6.22. The Balaban J connectivity index is 2.14. The van der Waals surface area contributed by atoms with Crippen molar-refractivity contribution < 1.29 is 0 Å². The van der Waals surface area contributed by atoms with Gasteiger partial charge in [0, 0.05) is 17.1 Å². The fourth-order valence-corrected chi connectivity index (χ4v) is 2.19. The smallest absolute Gasteiger partial charge is 0.253 e. The van der Waals surface area contributed by atoms with Crippen molar-refractivity contribution in [3.05, 3.63) is 54.8 Å². The van der Waals surface area contributed by atoms with E-state index in [1.54, 1.807) is 0 Å². The maximum absolute atomic E-state index is 11.7. The lowest BCUT2D eigenvalue weighted by Crippen LogP contribution is -2.41. The SMILES string of the molecule is Cc1ccc(CNc2c(NC(C)(C)C)c(=O)c2=O)cc1Cl. The van der Waals surface area contributed by atoms with Gasteiger partial charge in [-0.05, 0) is 44.9 Å². The van der Waals surface area contributed by atoms with Crippen molar-refractivity contribution in [3.63, 3.8) is 0 Å². The van der Waals surface area contributed by atoms with Gasteiger partial charge in [-0.3, -0.25) is 9.59 Å². The van der Waals surface area contributed by atoms with Crippen LogP contribution in [-0.2, 0) is 6.54 Å². The quantitative estimate of drug-likeness (QED) is 0.852. The molecule has 0 fully saturated rings. The van der Waals surface area contributed by atoms with Gasteiger partial charge < -0.3 is 10.6 Å². The highest BCUT2D eigenvalue weighted by Gasteiger charge is 2.24. The molecule has 2 rings (SSSR count). The largest absolute Gasteiger partial charge is 0.376 e. The van der Waals surface area contributed by atoms with Crippen LogP contribution in [0.1, 0.15) is 31.9 Å². The summed E-state index contributed by atoms with van der Waals surface area (Å²) >= 11 is 6.07. The molecule has 0 amide bonds. The summed E-state index contributed by atoms with van der Waals surface area (Å²) in [4.78, 5) is 23.3. The van der Waals surface area contributed by atoms with Crippen molar-refractivity contribution in [2.45, 2.75) is 39.8 Å². The Morgan fingerprint density at radius 2 is 1.71 bits per heavy atom. The molecule has 0 saturated carbocycles. The molecule has 0 atom stereocenters. The molecular formula is C16H19ClN2O2. The first-order chi connectivity index (χ1) is 9.69. The lowest BCUT2D eigenvalue weighted by Gasteiger charge is -2.24. The number of benzene rings is 1. The molecule has 21 heavy (non-hydrogen) atoms. The summed E-state index contributed by atoms with van der Waals surface area (Å²) in [5.74, 6) is 0. The third kappa shape index (κ3) is 3.45. The van der Waals surface area contributed by atoms with Crippen molar-refractivity contribution >= 4 is 23.0 Å². The molecule has 2 aromatic carbocycles. The zero-order chi connectivity index (χ0) is 15.8. The van der Waals surface area contributed by atoms with E-state index >= 15 is 0 Å². The Morgan fingerprint density at radius 1 is 1.10 bits per heavy atom. The number of hydrogen-bond acceptors (Lipinski definition) is 4. The van der Waals surface area contributed by atoms with Crippen LogP contribution in [0.5, 0.6) is 0 Å². The molecule has 2 N–H and O–H groups in total. The van der Waals surface area contributed by atoms with E-state index in [0.29, 0.717) is 22.9 Å². The van der Waals surface area contributed by atoms with E-state index in [9.17, 15) is 9.59 Å². The van der Waals surface area contributed by atoms with Crippen molar-refractivity contribution in [1.82, 2.24) is 0 Å². The summed E-state index contributed by atoms with van der Waals surface area (Å²) in [5.41, 5.74) is 1.47. The third-order valence-electron chi connectivity index (χ3n) is 3.12. The molecule has 0 aliphatic rings. The van der Waals surface area contributed by atoms with Gasteiger partial charge in [0.15, 0.2) is 0 Å². The second-order valence-corrected chi connectivity index (χ2v) is 6.63. The number of halogens is 1. The van der Waals surface area contributed by atoms with E-state index in [2.05, 4.69) is 10.6 Å². The monoisotopic (exact) mass is 306 g/mol. The zero-order valence-corrected chi connectivity index (χ0v) is 13.4. The first-order valence-corrected chi connectivity index (χ1v) is 7.17. The zero-order valence-electron chi connectivity index (χ0n) is 12.6. The first-order valence-electron chi connectivity index (χ1n) is 6.79. The highest BCUT2D eigenvalue weighted by Crippen LogP contribution is 2.21. The Bertz CT molecular complexity index is 738. The highest BCUT2D eigenvalue weighted by atomic mass is 35.5. The third-order valence-corrected chi connectivity index (χ3v) is 3.52. The van der Waals surface area contributed by atoms with Gasteiger partial charge in [-0.2, -0.15) is 0 Å². The van der Waals surface area contributed by atoms with Gasteiger partial charge in [0.1, 0.15) is 11.4 Å². The van der Waals surface area contributed by atoms with E-state index in [1.807, 2.05) is 45.9 Å². The van der Waals surface area contributed by atoms with Crippen LogP contribution in [0.15, 0.2) is 27.8 Å². The average molecular weight is 307 g/mol. The summed E-state index contributed by atoms with van der Waals surface area (Å²) in [7, 11) is 0. The maximum Gasteiger partial charge on any atom is 0.253 e. The molecule has 0 saturated heterocycles. The summed E-state index contributed by atoms with van der Waals surface area (Å²) < 4.78 is 0. The Labute approximate surface area is 128 Å².